The number of ether oxygens (including phenoxy) is 2. The fraction of sp³-hybridized carbons (Fsp3) is 0.400. The maximum Gasteiger partial charge on any atom is 0.186 e. The molecule has 0 aliphatic carbocycles. The van der Waals surface area contributed by atoms with Crippen LogP contribution < -0.4 is 0 Å². The van der Waals surface area contributed by atoms with Crippen LogP contribution >= 0.6 is 12.4 Å². The minimum Gasteiger partial charge on any atom is -0.346 e. The molecule has 4 nitrogen and oxygen atoms in total. The van der Waals surface area contributed by atoms with E-state index >= 15 is 0 Å². The van der Waals surface area contributed by atoms with E-state index in [0.29, 0.717) is 19.8 Å². The van der Waals surface area contributed by atoms with Crippen LogP contribution in [0.1, 0.15) is 12.0 Å². The first-order valence-electron chi connectivity index (χ1n) is 6.64. The zero-order valence-corrected chi connectivity index (χ0v) is 12.1. The van der Waals surface area contributed by atoms with Crippen molar-refractivity contribution in [2.45, 2.75) is 25.2 Å². The van der Waals surface area contributed by atoms with Crippen LogP contribution in [0.3, 0.4) is 0 Å². The van der Waals surface area contributed by atoms with Gasteiger partial charge in [0.2, 0.25) is 0 Å². The maximum absolute atomic E-state index is 5.86. The summed E-state index contributed by atoms with van der Waals surface area (Å²) in [4.78, 5) is 4.07. The van der Waals surface area contributed by atoms with Crippen LogP contribution in [0.5, 0.6) is 0 Å². The van der Waals surface area contributed by atoms with Crippen molar-refractivity contribution in [3.63, 3.8) is 0 Å². The summed E-state index contributed by atoms with van der Waals surface area (Å²) < 4.78 is 13.7. The van der Waals surface area contributed by atoms with E-state index in [1.54, 1.807) is 12.5 Å². The molecule has 0 spiro atoms. The normalized spacial score (nSPS) is 16.8. The number of hydrogen-bond donors (Lipinski definition) is 0. The van der Waals surface area contributed by atoms with E-state index in [2.05, 4.69) is 29.2 Å². The predicted octanol–water partition coefficient (Wildman–Crippen LogP) is 2.68. The third-order valence-electron chi connectivity index (χ3n) is 3.43. The van der Waals surface area contributed by atoms with Gasteiger partial charge in [-0.1, -0.05) is 30.3 Å². The Morgan fingerprint density at radius 2 is 1.90 bits per heavy atom. The van der Waals surface area contributed by atoms with Crippen molar-refractivity contribution in [1.29, 1.82) is 0 Å². The topological polar surface area (TPSA) is 36.3 Å². The third kappa shape index (κ3) is 3.60. The molecule has 0 amide bonds. The highest BCUT2D eigenvalue weighted by atomic mass is 35.5. The molecule has 1 saturated heterocycles. The average Bonchev–Trinajstić information content (AvgIpc) is 3.11. The minimum absolute atomic E-state index is 0. The van der Waals surface area contributed by atoms with E-state index in [1.165, 1.54) is 5.56 Å². The summed E-state index contributed by atoms with van der Waals surface area (Å²) >= 11 is 0. The summed E-state index contributed by atoms with van der Waals surface area (Å²) in [5.74, 6) is -0.503. The van der Waals surface area contributed by atoms with Gasteiger partial charge >= 0.3 is 0 Å². The van der Waals surface area contributed by atoms with E-state index in [0.717, 1.165) is 12.8 Å². The molecule has 0 bridgehead atoms. The summed E-state index contributed by atoms with van der Waals surface area (Å²) in [5, 5.41) is 0. The van der Waals surface area contributed by atoms with Gasteiger partial charge in [-0.2, -0.15) is 0 Å². The van der Waals surface area contributed by atoms with Crippen molar-refractivity contribution in [3.05, 3.63) is 54.6 Å². The molecule has 1 aliphatic heterocycles. The second-order valence-corrected chi connectivity index (χ2v) is 4.83. The summed E-state index contributed by atoms with van der Waals surface area (Å²) in [7, 11) is 0. The number of nitrogens with zero attached hydrogens (tertiary/aromatic N) is 2. The lowest BCUT2D eigenvalue weighted by Crippen LogP contribution is -2.35. The highest BCUT2D eigenvalue weighted by Crippen LogP contribution is 2.27. The predicted molar refractivity (Wildman–Crippen MR) is 78.9 cm³/mol. The molecule has 108 valence electrons. The van der Waals surface area contributed by atoms with Gasteiger partial charge in [-0.3, -0.25) is 0 Å². The van der Waals surface area contributed by atoms with Crippen LogP contribution in [0.25, 0.3) is 0 Å². The van der Waals surface area contributed by atoms with Gasteiger partial charge in [0.1, 0.15) is 0 Å². The molecule has 5 heteroatoms. The number of rotatable bonds is 5. The monoisotopic (exact) mass is 294 g/mol. The van der Waals surface area contributed by atoms with E-state index in [-0.39, 0.29) is 12.4 Å². The van der Waals surface area contributed by atoms with Gasteiger partial charge < -0.3 is 14.0 Å². The Kier molecular flexibility index (Phi) is 5.17. The third-order valence-corrected chi connectivity index (χ3v) is 3.43. The van der Waals surface area contributed by atoms with E-state index in [4.69, 9.17) is 9.47 Å². The molecule has 1 aliphatic rings. The Hall–Kier alpha value is -1.36. The smallest absolute Gasteiger partial charge is 0.186 e. The molecule has 2 heterocycles. The molecular formula is C15H19ClN2O2. The lowest BCUT2D eigenvalue weighted by Gasteiger charge is -2.27. The summed E-state index contributed by atoms with van der Waals surface area (Å²) in [6, 6.07) is 10.4. The van der Waals surface area contributed by atoms with Gasteiger partial charge in [-0.25, -0.2) is 4.98 Å². The first-order chi connectivity index (χ1) is 9.36. The zero-order valence-electron chi connectivity index (χ0n) is 11.3. The number of benzene rings is 1. The Labute approximate surface area is 125 Å². The minimum atomic E-state index is -0.503. The summed E-state index contributed by atoms with van der Waals surface area (Å²) in [6.07, 6.45) is 7.33. The van der Waals surface area contributed by atoms with Gasteiger partial charge in [-0.15, -0.1) is 12.4 Å². The van der Waals surface area contributed by atoms with Gasteiger partial charge in [0.15, 0.2) is 5.79 Å². The lowest BCUT2D eigenvalue weighted by molar-refractivity contribution is -0.171. The molecule has 0 N–H and O–H groups in total. The fourth-order valence-corrected chi connectivity index (χ4v) is 2.45. The highest BCUT2D eigenvalue weighted by molar-refractivity contribution is 5.85. The molecule has 1 aromatic heterocycles. The van der Waals surface area contributed by atoms with Crippen LogP contribution in [0.4, 0.5) is 0 Å². The van der Waals surface area contributed by atoms with Crippen molar-refractivity contribution in [1.82, 2.24) is 9.55 Å². The van der Waals surface area contributed by atoms with Crippen molar-refractivity contribution in [2.75, 3.05) is 13.2 Å². The molecule has 1 fully saturated rings. The second kappa shape index (κ2) is 6.88. The Balaban J connectivity index is 0.00000147. The Morgan fingerprint density at radius 1 is 1.15 bits per heavy atom. The van der Waals surface area contributed by atoms with Gasteiger partial charge in [0.25, 0.3) is 0 Å². The molecule has 2 aromatic rings. The molecule has 0 saturated carbocycles. The average molecular weight is 295 g/mol. The Morgan fingerprint density at radius 3 is 2.55 bits per heavy atom. The molecule has 3 rings (SSSR count). The van der Waals surface area contributed by atoms with Gasteiger partial charge in [0.05, 0.1) is 26.1 Å². The van der Waals surface area contributed by atoms with Crippen LogP contribution in [-0.2, 0) is 22.4 Å². The molecule has 20 heavy (non-hydrogen) atoms. The number of halogens is 1. The first kappa shape index (κ1) is 15.0. The van der Waals surface area contributed by atoms with Crippen molar-refractivity contribution in [2.24, 2.45) is 0 Å². The standard InChI is InChI=1S/C15H18N2O2.ClH/c1-2-4-14(5-3-1)6-7-15(18-10-11-19-15)12-17-9-8-16-13-17;/h1-5,8-9,13H,6-7,10-12H2;1H. The number of hydrogen-bond acceptors (Lipinski definition) is 3. The van der Waals surface area contributed by atoms with Crippen molar-refractivity contribution < 1.29 is 9.47 Å². The van der Waals surface area contributed by atoms with Crippen LogP contribution in [0, 0.1) is 0 Å². The fourth-order valence-electron chi connectivity index (χ4n) is 2.45. The van der Waals surface area contributed by atoms with E-state index in [1.807, 2.05) is 16.8 Å². The van der Waals surface area contributed by atoms with Crippen LogP contribution in [0.2, 0.25) is 0 Å². The van der Waals surface area contributed by atoms with Crippen molar-refractivity contribution >= 4 is 12.4 Å². The van der Waals surface area contributed by atoms with Crippen LogP contribution in [-0.4, -0.2) is 28.6 Å². The van der Waals surface area contributed by atoms with E-state index in [9.17, 15) is 0 Å². The molecule has 0 atom stereocenters. The number of aryl methyl sites for hydroxylation is 1. The van der Waals surface area contributed by atoms with Crippen molar-refractivity contribution in [3.8, 4) is 0 Å². The first-order valence-corrected chi connectivity index (χ1v) is 6.64. The summed E-state index contributed by atoms with van der Waals surface area (Å²) in [5.41, 5.74) is 1.31. The number of imidazole rings is 1. The quantitative estimate of drug-likeness (QED) is 0.851. The maximum atomic E-state index is 5.86. The van der Waals surface area contributed by atoms with Crippen LogP contribution in [0.15, 0.2) is 49.1 Å². The number of aromatic nitrogens is 2. The molecule has 0 unspecified atom stereocenters. The molecular weight excluding hydrogens is 276 g/mol. The zero-order chi connectivity index (χ0) is 13.0. The lowest BCUT2D eigenvalue weighted by atomic mass is 10.0. The summed E-state index contributed by atoms with van der Waals surface area (Å²) in [6.45, 7) is 2.03. The largest absolute Gasteiger partial charge is 0.346 e. The van der Waals surface area contributed by atoms with Gasteiger partial charge in [-0.05, 0) is 12.0 Å². The SMILES string of the molecule is Cl.c1ccc(CCC2(Cn3ccnc3)OCCO2)cc1. The molecule has 0 radical (unpaired) electrons. The van der Waals surface area contributed by atoms with E-state index < -0.39 is 5.79 Å². The second-order valence-electron chi connectivity index (χ2n) is 4.83. The highest BCUT2D eigenvalue weighted by Gasteiger charge is 2.36. The Bertz CT molecular complexity index is 496. The van der Waals surface area contributed by atoms with Gasteiger partial charge in [0, 0.05) is 18.8 Å². The molecule has 1 aromatic carbocycles.